The van der Waals surface area contributed by atoms with Crippen LogP contribution >= 0.6 is 0 Å². The van der Waals surface area contributed by atoms with Crippen molar-refractivity contribution in [3.05, 3.63) is 0 Å². The molecule has 2 unspecified atom stereocenters. The lowest BCUT2D eigenvalue weighted by atomic mass is 9.85. The molecule has 3 heteroatoms. The van der Waals surface area contributed by atoms with Crippen molar-refractivity contribution >= 4 is 0 Å². The second-order valence-corrected chi connectivity index (χ2v) is 3.48. The first-order valence-corrected chi connectivity index (χ1v) is 4.78. The molecule has 2 atom stereocenters. The fraction of sp³-hybridized carbons (Fsp3) is 1.00. The predicted molar refractivity (Wildman–Crippen MR) is 46.8 cm³/mol. The first-order valence-electron chi connectivity index (χ1n) is 4.78. The van der Waals surface area contributed by atoms with Gasteiger partial charge >= 0.3 is 0 Å². The van der Waals surface area contributed by atoms with E-state index in [4.69, 9.17) is 5.11 Å². The molecule has 0 bridgehead atoms. The van der Waals surface area contributed by atoms with Crippen LogP contribution in [0.3, 0.4) is 0 Å². The second kappa shape index (κ2) is 5.49. The predicted octanol–water partition coefficient (Wildman–Crippen LogP) is 1.10. The Balaban J connectivity index is 2.26. The molecule has 0 radical (unpaired) electrons. The Kier molecular flexibility index (Phi) is 4.54. The summed E-state index contributed by atoms with van der Waals surface area (Å²) in [5.74, 6) is 0.352. The van der Waals surface area contributed by atoms with Gasteiger partial charge in [-0.3, -0.25) is 0 Å². The molecule has 2 N–H and O–H groups in total. The summed E-state index contributed by atoms with van der Waals surface area (Å²) in [4.78, 5) is 0. The molecular formula is C9H18FNO. The van der Waals surface area contributed by atoms with Gasteiger partial charge in [-0.2, -0.15) is 0 Å². The van der Waals surface area contributed by atoms with Crippen molar-refractivity contribution in [1.29, 1.82) is 0 Å². The Morgan fingerprint density at radius 1 is 1.33 bits per heavy atom. The summed E-state index contributed by atoms with van der Waals surface area (Å²) in [6, 6.07) is 0.347. The fourth-order valence-corrected chi connectivity index (χ4v) is 1.93. The highest BCUT2D eigenvalue weighted by Gasteiger charge is 2.23. The highest BCUT2D eigenvalue weighted by Crippen LogP contribution is 2.23. The maximum atomic E-state index is 11.9. The van der Waals surface area contributed by atoms with Crippen LogP contribution in [-0.2, 0) is 0 Å². The van der Waals surface area contributed by atoms with E-state index in [1.54, 1.807) is 0 Å². The number of halogens is 1. The lowest BCUT2D eigenvalue weighted by Crippen LogP contribution is -2.41. The van der Waals surface area contributed by atoms with Gasteiger partial charge < -0.3 is 10.4 Å². The average Bonchev–Trinajstić information content (AvgIpc) is 2.15. The zero-order valence-electron chi connectivity index (χ0n) is 7.43. The van der Waals surface area contributed by atoms with Crippen LogP contribution in [0.25, 0.3) is 0 Å². The number of rotatable bonds is 4. The van der Waals surface area contributed by atoms with Crippen molar-refractivity contribution in [3.63, 3.8) is 0 Å². The summed E-state index contributed by atoms with van der Waals surface area (Å²) in [6.45, 7) is 0.361. The van der Waals surface area contributed by atoms with Gasteiger partial charge in [0.1, 0.15) is 6.67 Å². The van der Waals surface area contributed by atoms with Gasteiger partial charge in [-0.15, -0.1) is 0 Å². The molecule has 1 fully saturated rings. The van der Waals surface area contributed by atoms with Crippen molar-refractivity contribution in [2.75, 3.05) is 19.8 Å². The molecule has 12 heavy (non-hydrogen) atoms. The van der Waals surface area contributed by atoms with Crippen LogP contribution in [0.5, 0.6) is 0 Å². The summed E-state index contributed by atoms with van der Waals surface area (Å²) in [5, 5.41) is 12.2. The molecule has 0 aromatic carbocycles. The molecule has 0 heterocycles. The first-order chi connectivity index (χ1) is 5.88. The standard InChI is InChI=1S/C9H18FNO/c10-5-6-11-9-4-2-1-3-8(9)7-12/h8-9,11-12H,1-7H2. The first kappa shape index (κ1) is 9.93. The number of hydrogen-bond donors (Lipinski definition) is 2. The maximum absolute atomic E-state index is 11.9. The molecule has 2 nitrogen and oxygen atoms in total. The molecule has 0 aliphatic heterocycles. The number of nitrogens with one attached hydrogen (secondary N) is 1. The van der Waals surface area contributed by atoms with E-state index in [0.717, 1.165) is 12.8 Å². The number of hydrogen-bond acceptors (Lipinski definition) is 2. The van der Waals surface area contributed by atoms with Crippen LogP contribution in [0.2, 0.25) is 0 Å². The Morgan fingerprint density at radius 3 is 2.75 bits per heavy atom. The molecule has 1 aliphatic carbocycles. The van der Waals surface area contributed by atoms with Crippen molar-refractivity contribution in [1.82, 2.24) is 5.32 Å². The van der Waals surface area contributed by atoms with E-state index < -0.39 is 0 Å². The largest absolute Gasteiger partial charge is 0.396 e. The zero-order chi connectivity index (χ0) is 8.81. The third-order valence-electron chi connectivity index (χ3n) is 2.64. The minimum atomic E-state index is -0.311. The van der Waals surface area contributed by atoms with Crippen LogP contribution in [0.15, 0.2) is 0 Å². The Hall–Kier alpha value is -0.150. The van der Waals surface area contributed by atoms with E-state index >= 15 is 0 Å². The fourth-order valence-electron chi connectivity index (χ4n) is 1.93. The third-order valence-corrected chi connectivity index (χ3v) is 2.64. The Labute approximate surface area is 73.2 Å². The summed E-state index contributed by atoms with van der Waals surface area (Å²) in [5.41, 5.74) is 0. The highest BCUT2D eigenvalue weighted by atomic mass is 19.1. The van der Waals surface area contributed by atoms with Crippen molar-refractivity contribution in [2.24, 2.45) is 5.92 Å². The van der Waals surface area contributed by atoms with E-state index in [0.29, 0.717) is 18.5 Å². The highest BCUT2D eigenvalue weighted by molar-refractivity contribution is 4.80. The van der Waals surface area contributed by atoms with Gasteiger partial charge in [-0.05, 0) is 18.8 Å². The molecule has 1 rings (SSSR count). The second-order valence-electron chi connectivity index (χ2n) is 3.48. The minimum Gasteiger partial charge on any atom is -0.396 e. The topological polar surface area (TPSA) is 32.3 Å². The third kappa shape index (κ3) is 2.72. The van der Waals surface area contributed by atoms with E-state index in [9.17, 15) is 4.39 Å². The van der Waals surface area contributed by atoms with E-state index in [1.165, 1.54) is 12.8 Å². The molecule has 0 aromatic heterocycles. The SMILES string of the molecule is OCC1CCCCC1NCCF. The van der Waals surface area contributed by atoms with E-state index in [1.807, 2.05) is 0 Å². The minimum absolute atomic E-state index is 0.240. The van der Waals surface area contributed by atoms with Gasteiger partial charge in [-0.25, -0.2) is 4.39 Å². The summed E-state index contributed by atoms with van der Waals surface area (Å²) in [6.07, 6.45) is 4.59. The summed E-state index contributed by atoms with van der Waals surface area (Å²) < 4.78 is 11.9. The smallest absolute Gasteiger partial charge is 0.102 e. The van der Waals surface area contributed by atoms with Gasteiger partial charge in [0.2, 0.25) is 0 Å². The van der Waals surface area contributed by atoms with Gasteiger partial charge in [0, 0.05) is 19.2 Å². The molecule has 72 valence electrons. The molecule has 0 amide bonds. The maximum Gasteiger partial charge on any atom is 0.102 e. The molecule has 0 saturated heterocycles. The van der Waals surface area contributed by atoms with Crippen molar-refractivity contribution < 1.29 is 9.50 Å². The molecular weight excluding hydrogens is 157 g/mol. The molecule has 0 spiro atoms. The van der Waals surface area contributed by atoms with Gasteiger partial charge in [0.15, 0.2) is 0 Å². The Bertz CT molecular complexity index is 121. The lowest BCUT2D eigenvalue weighted by Gasteiger charge is -2.30. The number of alkyl halides is 1. The molecule has 1 aliphatic rings. The summed E-state index contributed by atoms with van der Waals surface area (Å²) >= 11 is 0. The monoisotopic (exact) mass is 175 g/mol. The summed E-state index contributed by atoms with van der Waals surface area (Å²) in [7, 11) is 0. The van der Waals surface area contributed by atoms with Gasteiger partial charge in [0.05, 0.1) is 0 Å². The van der Waals surface area contributed by atoms with Crippen LogP contribution in [0.4, 0.5) is 4.39 Å². The van der Waals surface area contributed by atoms with Crippen LogP contribution in [0, 0.1) is 5.92 Å². The molecule has 0 aromatic rings. The van der Waals surface area contributed by atoms with Gasteiger partial charge in [0.25, 0.3) is 0 Å². The van der Waals surface area contributed by atoms with Crippen LogP contribution < -0.4 is 5.32 Å². The quantitative estimate of drug-likeness (QED) is 0.670. The average molecular weight is 175 g/mol. The number of aliphatic hydroxyl groups is 1. The zero-order valence-corrected chi connectivity index (χ0v) is 7.43. The Morgan fingerprint density at radius 2 is 2.08 bits per heavy atom. The van der Waals surface area contributed by atoms with Crippen LogP contribution in [-0.4, -0.2) is 31.0 Å². The number of aliphatic hydroxyl groups excluding tert-OH is 1. The van der Waals surface area contributed by atoms with Gasteiger partial charge in [-0.1, -0.05) is 12.8 Å². The van der Waals surface area contributed by atoms with E-state index in [-0.39, 0.29) is 13.3 Å². The van der Waals surface area contributed by atoms with Crippen LogP contribution in [0.1, 0.15) is 25.7 Å². The van der Waals surface area contributed by atoms with E-state index in [2.05, 4.69) is 5.32 Å². The molecule has 1 saturated carbocycles. The van der Waals surface area contributed by atoms with Crippen molar-refractivity contribution in [3.8, 4) is 0 Å². The normalized spacial score (nSPS) is 30.5. The van der Waals surface area contributed by atoms with Crippen molar-refractivity contribution in [2.45, 2.75) is 31.7 Å². The lowest BCUT2D eigenvalue weighted by molar-refractivity contribution is 0.152.